The molecule has 1 heterocycles. The second kappa shape index (κ2) is 5.39. The van der Waals surface area contributed by atoms with E-state index in [9.17, 15) is 9.59 Å². The molecule has 0 saturated carbocycles. The normalized spacial score (nSPS) is 10.4. The molecule has 1 aromatic rings. The Morgan fingerprint density at radius 2 is 1.93 bits per heavy atom. The number of aromatic amines is 2. The van der Waals surface area contributed by atoms with Crippen molar-refractivity contribution in [1.82, 2.24) is 9.97 Å². The minimum Gasteiger partial charge on any atom is -0.330 e. The smallest absolute Gasteiger partial charge is 0.325 e. The van der Waals surface area contributed by atoms with E-state index in [1.54, 1.807) is 0 Å². The molecule has 0 aliphatic carbocycles. The maximum atomic E-state index is 10.9. The highest BCUT2D eigenvalue weighted by atomic mass is 16.2. The summed E-state index contributed by atoms with van der Waals surface area (Å²) >= 11 is 0. The number of aryl methyl sites for hydroxylation is 1. The molecule has 4 N–H and O–H groups in total. The average Bonchev–Trinajstić information content (AvgIpc) is 2.11. The van der Waals surface area contributed by atoms with Crippen molar-refractivity contribution in [2.45, 2.75) is 25.7 Å². The first-order valence-corrected chi connectivity index (χ1v) is 4.75. The molecule has 1 rings (SSSR count). The van der Waals surface area contributed by atoms with Crippen molar-refractivity contribution in [2.75, 3.05) is 6.54 Å². The van der Waals surface area contributed by atoms with Gasteiger partial charge >= 0.3 is 5.69 Å². The Bertz CT molecular complexity index is 352. The predicted molar refractivity (Wildman–Crippen MR) is 54.3 cm³/mol. The Morgan fingerprint density at radius 1 is 1.14 bits per heavy atom. The molecule has 0 fully saturated rings. The number of nitrogens with two attached hydrogens (primary N) is 1. The van der Waals surface area contributed by atoms with E-state index >= 15 is 0 Å². The molecule has 0 atom stereocenters. The van der Waals surface area contributed by atoms with Gasteiger partial charge in [-0.3, -0.25) is 9.78 Å². The second-order valence-corrected chi connectivity index (χ2v) is 3.21. The van der Waals surface area contributed by atoms with Crippen molar-refractivity contribution in [3.05, 3.63) is 32.6 Å². The van der Waals surface area contributed by atoms with Crippen LogP contribution in [-0.4, -0.2) is 16.5 Å². The van der Waals surface area contributed by atoms with Crippen LogP contribution in [0.1, 0.15) is 25.0 Å². The van der Waals surface area contributed by atoms with Gasteiger partial charge in [0, 0.05) is 11.8 Å². The molecule has 5 nitrogen and oxygen atoms in total. The van der Waals surface area contributed by atoms with Gasteiger partial charge in [0.15, 0.2) is 0 Å². The summed E-state index contributed by atoms with van der Waals surface area (Å²) in [6, 6.07) is 1.42. The topological polar surface area (TPSA) is 91.7 Å². The van der Waals surface area contributed by atoms with Crippen molar-refractivity contribution < 1.29 is 0 Å². The largest absolute Gasteiger partial charge is 0.330 e. The first kappa shape index (κ1) is 10.7. The molecular weight excluding hydrogens is 182 g/mol. The highest BCUT2D eigenvalue weighted by Gasteiger charge is 1.96. The fourth-order valence-electron chi connectivity index (χ4n) is 1.29. The first-order valence-electron chi connectivity index (χ1n) is 4.75. The van der Waals surface area contributed by atoms with Gasteiger partial charge < -0.3 is 10.7 Å². The molecule has 5 heteroatoms. The van der Waals surface area contributed by atoms with Gasteiger partial charge in [-0.2, -0.15) is 0 Å². The molecule has 0 amide bonds. The summed E-state index contributed by atoms with van der Waals surface area (Å²) in [4.78, 5) is 26.5. The Balaban J connectivity index is 2.51. The van der Waals surface area contributed by atoms with Crippen molar-refractivity contribution in [3.8, 4) is 0 Å². The van der Waals surface area contributed by atoms with E-state index in [2.05, 4.69) is 9.97 Å². The molecule has 0 aromatic carbocycles. The zero-order chi connectivity index (χ0) is 10.4. The van der Waals surface area contributed by atoms with Gasteiger partial charge in [-0.1, -0.05) is 6.42 Å². The van der Waals surface area contributed by atoms with Crippen molar-refractivity contribution >= 4 is 0 Å². The molecule has 0 spiro atoms. The zero-order valence-electron chi connectivity index (χ0n) is 8.01. The first-order chi connectivity index (χ1) is 6.72. The maximum absolute atomic E-state index is 10.9. The summed E-state index contributed by atoms with van der Waals surface area (Å²) in [6.07, 6.45) is 3.66. The summed E-state index contributed by atoms with van der Waals surface area (Å²) in [5, 5.41) is 0. The Kier molecular flexibility index (Phi) is 4.12. The number of rotatable bonds is 5. The number of unbranched alkanes of at least 4 members (excludes halogenated alkanes) is 2. The number of H-pyrrole nitrogens is 2. The van der Waals surface area contributed by atoms with Crippen LogP contribution in [0, 0.1) is 0 Å². The summed E-state index contributed by atoms with van der Waals surface area (Å²) < 4.78 is 0. The van der Waals surface area contributed by atoms with Crippen LogP contribution in [0.3, 0.4) is 0 Å². The standard InChI is InChI=1S/C9H15N3O2/c10-5-3-1-2-4-7-6-8(13)12-9(14)11-7/h6H,1-5,10H2,(H2,11,12,13,14). The van der Waals surface area contributed by atoms with Gasteiger partial charge in [-0.05, 0) is 25.8 Å². The third-order valence-corrected chi connectivity index (χ3v) is 1.97. The minimum absolute atomic E-state index is 0.345. The zero-order valence-corrected chi connectivity index (χ0v) is 8.01. The minimum atomic E-state index is -0.439. The third kappa shape index (κ3) is 3.57. The van der Waals surface area contributed by atoms with E-state index in [4.69, 9.17) is 5.73 Å². The van der Waals surface area contributed by atoms with Gasteiger partial charge in [0.25, 0.3) is 5.56 Å². The summed E-state index contributed by atoms with van der Waals surface area (Å²) in [5.41, 5.74) is 5.25. The second-order valence-electron chi connectivity index (χ2n) is 3.21. The van der Waals surface area contributed by atoms with Crippen molar-refractivity contribution in [1.29, 1.82) is 0 Å². The number of hydrogen-bond donors (Lipinski definition) is 3. The van der Waals surface area contributed by atoms with E-state index in [0.717, 1.165) is 25.7 Å². The average molecular weight is 197 g/mol. The lowest BCUT2D eigenvalue weighted by Gasteiger charge is -1.99. The third-order valence-electron chi connectivity index (χ3n) is 1.97. The molecule has 0 aliphatic rings. The summed E-state index contributed by atoms with van der Waals surface area (Å²) in [5.74, 6) is 0. The van der Waals surface area contributed by atoms with Crippen LogP contribution >= 0.6 is 0 Å². The molecule has 0 bridgehead atoms. The van der Waals surface area contributed by atoms with E-state index in [0.29, 0.717) is 12.2 Å². The van der Waals surface area contributed by atoms with E-state index < -0.39 is 5.69 Å². The van der Waals surface area contributed by atoms with Crippen LogP contribution in [0.5, 0.6) is 0 Å². The number of nitrogens with one attached hydrogen (secondary N) is 2. The lowest BCUT2D eigenvalue weighted by molar-refractivity contribution is 0.675. The van der Waals surface area contributed by atoms with E-state index in [1.807, 2.05) is 0 Å². The van der Waals surface area contributed by atoms with Crippen LogP contribution < -0.4 is 17.0 Å². The molecular formula is C9H15N3O2. The quantitative estimate of drug-likeness (QED) is 0.567. The van der Waals surface area contributed by atoms with Crippen LogP contribution in [0.4, 0.5) is 0 Å². The van der Waals surface area contributed by atoms with Crippen molar-refractivity contribution in [2.24, 2.45) is 5.73 Å². The van der Waals surface area contributed by atoms with Crippen LogP contribution in [-0.2, 0) is 6.42 Å². The number of hydrogen-bond acceptors (Lipinski definition) is 3. The van der Waals surface area contributed by atoms with Gasteiger partial charge in [-0.15, -0.1) is 0 Å². The fourth-order valence-corrected chi connectivity index (χ4v) is 1.29. The fraction of sp³-hybridized carbons (Fsp3) is 0.556. The number of aromatic nitrogens is 2. The van der Waals surface area contributed by atoms with Gasteiger partial charge in [0.05, 0.1) is 0 Å². The lowest BCUT2D eigenvalue weighted by atomic mass is 10.1. The SMILES string of the molecule is NCCCCCc1cc(=O)[nH]c(=O)[nH]1. The van der Waals surface area contributed by atoms with Crippen molar-refractivity contribution in [3.63, 3.8) is 0 Å². The van der Waals surface area contributed by atoms with E-state index in [1.165, 1.54) is 6.07 Å². The Hall–Kier alpha value is -1.36. The Morgan fingerprint density at radius 3 is 2.57 bits per heavy atom. The molecule has 78 valence electrons. The van der Waals surface area contributed by atoms with Crippen LogP contribution in [0.15, 0.2) is 15.7 Å². The molecule has 1 aromatic heterocycles. The van der Waals surface area contributed by atoms with Gasteiger partial charge in [0.2, 0.25) is 0 Å². The predicted octanol–water partition coefficient (Wildman–Crippen LogP) is -0.265. The summed E-state index contributed by atoms with van der Waals surface area (Å²) in [7, 11) is 0. The van der Waals surface area contributed by atoms with Crippen LogP contribution in [0.25, 0.3) is 0 Å². The van der Waals surface area contributed by atoms with Crippen LogP contribution in [0.2, 0.25) is 0 Å². The molecule has 0 aliphatic heterocycles. The molecule has 0 radical (unpaired) electrons. The lowest BCUT2D eigenvalue weighted by Crippen LogP contribution is -2.22. The van der Waals surface area contributed by atoms with E-state index in [-0.39, 0.29) is 5.56 Å². The molecule has 0 saturated heterocycles. The Labute approximate surface area is 81.4 Å². The highest BCUT2D eigenvalue weighted by molar-refractivity contribution is 4.98. The molecule has 14 heavy (non-hydrogen) atoms. The van der Waals surface area contributed by atoms with Gasteiger partial charge in [0.1, 0.15) is 0 Å². The van der Waals surface area contributed by atoms with Gasteiger partial charge in [-0.25, -0.2) is 4.79 Å². The summed E-state index contributed by atoms with van der Waals surface area (Å²) in [6.45, 7) is 0.686. The highest BCUT2D eigenvalue weighted by Crippen LogP contribution is 1.99. The maximum Gasteiger partial charge on any atom is 0.325 e. The molecule has 0 unspecified atom stereocenters. The monoisotopic (exact) mass is 197 g/mol.